The van der Waals surface area contributed by atoms with Crippen LogP contribution in [-0.2, 0) is 14.8 Å². The SMILES string of the molecule is CN(C)C(=O)c1csc(S(=O)(=O)N2CCC(C(=O)NC3CCCCCCC3)CC2)c1. The van der Waals surface area contributed by atoms with Crippen LogP contribution in [0.2, 0.25) is 0 Å². The number of thiophene rings is 1. The average molecular weight is 456 g/mol. The van der Waals surface area contributed by atoms with Crippen molar-refractivity contribution in [2.75, 3.05) is 27.2 Å². The highest BCUT2D eigenvalue weighted by atomic mass is 32.2. The summed E-state index contributed by atoms with van der Waals surface area (Å²) in [5, 5.41) is 4.81. The van der Waals surface area contributed by atoms with Crippen molar-refractivity contribution in [1.82, 2.24) is 14.5 Å². The topological polar surface area (TPSA) is 86.8 Å². The van der Waals surface area contributed by atoms with Gasteiger partial charge in [0.05, 0.1) is 5.56 Å². The first-order chi connectivity index (χ1) is 14.3. The summed E-state index contributed by atoms with van der Waals surface area (Å²) < 4.78 is 27.6. The summed E-state index contributed by atoms with van der Waals surface area (Å²) in [6.45, 7) is 0.667. The Balaban J connectivity index is 1.55. The van der Waals surface area contributed by atoms with E-state index >= 15 is 0 Å². The van der Waals surface area contributed by atoms with Gasteiger partial charge in [0.25, 0.3) is 15.9 Å². The third-order valence-corrected chi connectivity index (χ3v) is 9.41. The van der Waals surface area contributed by atoms with E-state index in [9.17, 15) is 18.0 Å². The Morgan fingerprint density at radius 3 is 2.23 bits per heavy atom. The summed E-state index contributed by atoms with van der Waals surface area (Å²) in [6.07, 6.45) is 9.28. The number of sulfonamides is 1. The fourth-order valence-corrected chi connectivity index (χ4v) is 7.00. The number of amides is 2. The zero-order valence-corrected chi connectivity index (χ0v) is 19.6. The van der Waals surface area contributed by atoms with Crippen LogP contribution in [0.1, 0.15) is 68.1 Å². The molecule has 7 nitrogen and oxygen atoms in total. The molecule has 2 amide bonds. The first kappa shape index (κ1) is 23.2. The smallest absolute Gasteiger partial charge is 0.254 e. The molecule has 2 heterocycles. The number of hydrogen-bond acceptors (Lipinski definition) is 5. The zero-order valence-electron chi connectivity index (χ0n) is 17.9. The molecule has 3 rings (SSSR count). The molecule has 9 heteroatoms. The third-order valence-electron chi connectivity index (χ3n) is 6.10. The van der Waals surface area contributed by atoms with Gasteiger partial charge < -0.3 is 10.2 Å². The highest BCUT2D eigenvalue weighted by Gasteiger charge is 2.33. The number of rotatable bonds is 5. The lowest BCUT2D eigenvalue weighted by atomic mass is 9.94. The highest BCUT2D eigenvalue weighted by Crippen LogP contribution is 2.28. The number of carbonyl (C=O) groups excluding carboxylic acids is 2. The number of nitrogens with zero attached hydrogens (tertiary/aromatic N) is 2. The molecule has 0 aromatic carbocycles. The minimum atomic E-state index is -3.64. The number of hydrogen-bond donors (Lipinski definition) is 1. The summed E-state index contributed by atoms with van der Waals surface area (Å²) in [6, 6.07) is 1.72. The van der Waals surface area contributed by atoms with Crippen LogP contribution in [-0.4, -0.2) is 62.7 Å². The normalized spacial score (nSPS) is 20.3. The van der Waals surface area contributed by atoms with Gasteiger partial charge in [-0.15, -0.1) is 11.3 Å². The van der Waals surface area contributed by atoms with Crippen LogP contribution >= 0.6 is 11.3 Å². The van der Waals surface area contributed by atoms with Crippen molar-refractivity contribution in [3.63, 3.8) is 0 Å². The van der Waals surface area contributed by atoms with Crippen LogP contribution in [0.4, 0.5) is 0 Å². The Labute approximate surface area is 183 Å². The molecule has 30 heavy (non-hydrogen) atoms. The molecule has 168 valence electrons. The van der Waals surface area contributed by atoms with Gasteiger partial charge >= 0.3 is 0 Å². The van der Waals surface area contributed by atoms with E-state index in [-0.39, 0.29) is 28.0 Å². The average Bonchev–Trinajstić information content (AvgIpc) is 3.20. The molecular weight excluding hydrogens is 422 g/mol. The van der Waals surface area contributed by atoms with Gasteiger partial charge in [0.2, 0.25) is 5.91 Å². The molecular formula is C21H33N3O4S2. The van der Waals surface area contributed by atoms with Crippen molar-refractivity contribution in [3.05, 3.63) is 17.0 Å². The molecule has 1 aliphatic carbocycles. The molecule has 0 atom stereocenters. The summed E-state index contributed by atoms with van der Waals surface area (Å²) in [4.78, 5) is 26.2. The first-order valence-corrected chi connectivity index (χ1v) is 13.2. The predicted molar refractivity (Wildman–Crippen MR) is 118 cm³/mol. The van der Waals surface area contributed by atoms with Crippen molar-refractivity contribution >= 4 is 33.2 Å². The van der Waals surface area contributed by atoms with Gasteiger partial charge in [-0.1, -0.05) is 32.1 Å². The minimum absolute atomic E-state index is 0.0765. The van der Waals surface area contributed by atoms with Crippen molar-refractivity contribution < 1.29 is 18.0 Å². The third kappa shape index (κ3) is 5.62. The Bertz CT molecular complexity index is 834. The Morgan fingerprint density at radius 2 is 1.63 bits per heavy atom. The molecule has 1 aromatic heterocycles. The molecule has 1 aromatic rings. The van der Waals surface area contributed by atoms with Gasteiger partial charge in [0.15, 0.2) is 0 Å². The maximum atomic E-state index is 13.0. The lowest BCUT2D eigenvalue weighted by Crippen LogP contribution is -2.45. The highest BCUT2D eigenvalue weighted by molar-refractivity contribution is 7.91. The molecule has 1 saturated carbocycles. The maximum absolute atomic E-state index is 13.0. The molecule has 1 aliphatic heterocycles. The second-order valence-corrected chi connectivity index (χ2v) is 11.7. The van der Waals surface area contributed by atoms with E-state index in [0.29, 0.717) is 31.5 Å². The molecule has 0 spiro atoms. The zero-order chi connectivity index (χ0) is 21.7. The largest absolute Gasteiger partial charge is 0.353 e. The second kappa shape index (κ2) is 10.2. The van der Waals surface area contributed by atoms with Gasteiger partial charge in [0, 0.05) is 44.5 Å². The Hall–Kier alpha value is -1.45. The van der Waals surface area contributed by atoms with E-state index in [1.165, 1.54) is 47.4 Å². The van der Waals surface area contributed by atoms with E-state index in [0.717, 1.165) is 24.2 Å². The fraction of sp³-hybridized carbons (Fsp3) is 0.714. The van der Waals surface area contributed by atoms with E-state index in [1.54, 1.807) is 19.5 Å². The van der Waals surface area contributed by atoms with Crippen molar-refractivity contribution in [2.24, 2.45) is 5.92 Å². The van der Waals surface area contributed by atoms with Crippen LogP contribution in [0.5, 0.6) is 0 Å². The van der Waals surface area contributed by atoms with Gasteiger partial charge in [-0.2, -0.15) is 4.31 Å². The number of piperidine rings is 1. The van der Waals surface area contributed by atoms with Crippen molar-refractivity contribution in [1.29, 1.82) is 0 Å². The van der Waals surface area contributed by atoms with Gasteiger partial charge in [-0.25, -0.2) is 8.42 Å². The van der Waals surface area contributed by atoms with Gasteiger partial charge in [-0.3, -0.25) is 9.59 Å². The molecule has 1 N–H and O–H groups in total. The van der Waals surface area contributed by atoms with E-state index in [4.69, 9.17) is 0 Å². The predicted octanol–water partition coefficient (Wildman–Crippen LogP) is 3.08. The molecule has 0 bridgehead atoms. The minimum Gasteiger partial charge on any atom is -0.353 e. The summed E-state index contributed by atoms with van der Waals surface area (Å²) in [5.41, 5.74) is 0.386. The van der Waals surface area contributed by atoms with Crippen LogP contribution in [0.15, 0.2) is 15.7 Å². The summed E-state index contributed by atoms with van der Waals surface area (Å²) >= 11 is 1.07. The van der Waals surface area contributed by atoms with Gasteiger partial charge in [-0.05, 0) is 31.7 Å². The molecule has 1 saturated heterocycles. The monoisotopic (exact) mass is 455 g/mol. The van der Waals surface area contributed by atoms with Gasteiger partial charge in [0.1, 0.15) is 4.21 Å². The number of carbonyl (C=O) groups is 2. The van der Waals surface area contributed by atoms with Crippen LogP contribution < -0.4 is 5.32 Å². The van der Waals surface area contributed by atoms with Crippen LogP contribution in [0.25, 0.3) is 0 Å². The quantitative estimate of drug-likeness (QED) is 0.739. The van der Waals surface area contributed by atoms with E-state index < -0.39 is 10.0 Å². The molecule has 0 radical (unpaired) electrons. The summed E-state index contributed by atoms with van der Waals surface area (Å²) in [7, 11) is -0.357. The second-order valence-electron chi connectivity index (χ2n) is 8.58. The van der Waals surface area contributed by atoms with Crippen molar-refractivity contribution in [3.8, 4) is 0 Å². The Morgan fingerprint density at radius 1 is 1.03 bits per heavy atom. The first-order valence-electron chi connectivity index (χ1n) is 10.9. The van der Waals surface area contributed by atoms with Crippen molar-refractivity contribution in [2.45, 2.75) is 68.0 Å². The fourth-order valence-electron chi connectivity index (χ4n) is 4.23. The van der Waals surface area contributed by atoms with E-state index in [1.807, 2.05) is 0 Å². The Kier molecular flexibility index (Phi) is 7.92. The van der Waals surface area contributed by atoms with E-state index in [2.05, 4.69) is 5.32 Å². The van der Waals surface area contributed by atoms with Crippen LogP contribution in [0.3, 0.4) is 0 Å². The molecule has 0 unspecified atom stereocenters. The maximum Gasteiger partial charge on any atom is 0.254 e. The number of nitrogens with one attached hydrogen (secondary N) is 1. The lowest BCUT2D eigenvalue weighted by molar-refractivity contribution is -0.127. The standard InChI is InChI=1S/C21H33N3O4S2/c1-23(2)21(26)17-14-19(29-15-17)30(27,28)24-12-10-16(11-13-24)20(25)22-18-8-6-4-3-5-7-9-18/h14-16,18H,3-13H2,1-2H3,(H,22,25). The lowest BCUT2D eigenvalue weighted by Gasteiger charge is -2.31. The molecule has 2 aliphatic rings. The van der Waals surface area contributed by atoms with Crippen LogP contribution in [0, 0.1) is 5.92 Å². The summed E-state index contributed by atoms with van der Waals surface area (Å²) in [5.74, 6) is -0.263. The molecule has 2 fully saturated rings.